The fraction of sp³-hybridized carbons (Fsp3) is 0.375. The summed E-state index contributed by atoms with van der Waals surface area (Å²) >= 11 is 1.64. The second-order valence-corrected chi connectivity index (χ2v) is 7.01. The monoisotopic (exact) mass is 331 g/mol. The van der Waals surface area contributed by atoms with E-state index in [1.807, 2.05) is 18.3 Å². The molecule has 120 valence electrons. The van der Waals surface area contributed by atoms with E-state index in [4.69, 9.17) is 5.73 Å². The SMILES string of the molecule is Nc1nc(-c2ccc[nH]2)nc2sc(CN3CCC(F)CC3)cc12. The van der Waals surface area contributed by atoms with Gasteiger partial charge < -0.3 is 10.7 Å². The van der Waals surface area contributed by atoms with Crippen LogP contribution in [0.1, 0.15) is 17.7 Å². The Morgan fingerprint density at radius 2 is 2.17 bits per heavy atom. The smallest absolute Gasteiger partial charge is 0.179 e. The van der Waals surface area contributed by atoms with Crippen LogP contribution in [0.25, 0.3) is 21.7 Å². The zero-order valence-corrected chi connectivity index (χ0v) is 13.4. The second kappa shape index (κ2) is 5.90. The van der Waals surface area contributed by atoms with Gasteiger partial charge in [-0.2, -0.15) is 0 Å². The number of aromatic amines is 1. The molecule has 1 saturated heterocycles. The number of aromatic nitrogens is 3. The van der Waals surface area contributed by atoms with E-state index in [9.17, 15) is 4.39 Å². The Kier molecular flexibility index (Phi) is 3.74. The third-order valence-electron chi connectivity index (χ3n) is 4.21. The summed E-state index contributed by atoms with van der Waals surface area (Å²) in [4.78, 5) is 16.5. The lowest BCUT2D eigenvalue weighted by Gasteiger charge is -2.27. The molecule has 3 aromatic rings. The number of hydrogen-bond donors (Lipinski definition) is 2. The van der Waals surface area contributed by atoms with Crippen molar-refractivity contribution in [2.45, 2.75) is 25.6 Å². The molecule has 1 aliphatic heterocycles. The van der Waals surface area contributed by atoms with Crippen LogP contribution in [0, 0.1) is 0 Å². The maximum atomic E-state index is 13.2. The molecular weight excluding hydrogens is 313 g/mol. The molecule has 0 spiro atoms. The van der Waals surface area contributed by atoms with Gasteiger partial charge in [0.15, 0.2) is 5.82 Å². The molecule has 5 nitrogen and oxygen atoms in total. The summed E-state index contributed by atoms with van der Waals surface area (Å²) in [6.07, 6.45) is 2.46. The summed E-state index contributed by atoms with van der Waals surface area (Å²) in [7, 11) is 0. The summed E-state index contributed by atoms with van der Waals surface area (Å²) in [6, 6.07) is 5.90. The van der Waals surface area contributed by atoms with Crippen LogP contribution < -0.4 is 5.73 Å². The molecule has 0 unspecified atom stereocenters. The van der Waals surface area contributed by atoms with Crippen molar-refractivity contribution >= 4 is 27.4 Å². The first-order valence-electron chi connectivity index (χ1n) is 7.75. The number of anilines is 1. The summed E-state index contributed by atoms with van der Waals surface area (Å²) in [6.45, 7) is 2.44. The van der Waals surface area contributed by atoms with E-state index in [-0.39, 0.29) is 0 Å². The van der Waals surface area contributed by atoms with Gasteiger partial charge in [-0.25, -0.2) is 14.4 Å². The van der Waals surface area contributed by atoms with Crippen LogP contribution in [0.3, 0.4) is 0 Å². The molecule has 0 bridgehead atoms. The number of hydrogen-bond acceptors (Lipinski definition) is 5. The van der Waals surface area contributed by atoms with Gasteiger partial charge in [0.25, 0.3) is 0 Å². The van der Waals surface area contributed by atoms with Gasteiger partial charge in [0.2, 0.25) is 0 Å². The predicted octanol–water partition coefficient (Wildman–Crippen LogP) is 3.20. The van der Waals surface area contributed by atoms with Gasteiger partial charge in [0.05, 0.1) is 11.1 Å². The van der Waals surface area contributed by atoms with Gasteiger partial charge in [-0.3, -0.25) is 4.90 Å². The van der Waals surface area contributed by atoms with E-state index >= 15 is 0 Å². The number of nitrogens with zero attached hydrogens (tertiary/aromatic N) is 3. The molecule has 23 heavy (non-hydrogen) atoms. The van der Waals surface area contributed by atoms with Crippen molar-refractivity contribution in [2.75, 3.05) is 18.8 Å². The molecular formula is C16H18FN5S. The van der Waals surface area contributed by atoms with Gasteiger partial charge in [-0.1, -0.05) is 0 Å². The molecule has 0 radical (unpaired) electrons. The molecule has 0 atom stereocenters. The van der Waals surface area contributed by atoms with Crippen LogP contribution in [0.5, 0.6) is 0 Å². The summed E-state index contributed by atoms with van der Waals surface area (Å²) in [5.41, 5.74) is 6.97. The molecule has 1 aliphatic rings. The molecule has 0 aliphatic carbocycles. The maximum absolute atomic E-state index is 13.2. The average molecular weight is 331 g/mol. The molecule has 7 heteroatoms. The largest absolute Gasteiger partial charge is 0.383 e. The van der Waals surface area contributed by atoms with E-state index in [1.54, 1.807) is 11.3 Å². The van der Waals surface area contributed by atoms with Crippen molar-refractivity contribution in [3.05, 3.63) is 29.3 Å². The predicted molar refractivity (Wildman–Crippen MR) is 91.0 cm³/mol. The number of halogens is 1. The number of thiophene rings is 1. The molecule has 3 N–H and O–H groups in total. The lowest BCUT2D eigenvalue weighted by Crippen LogP contribution is -2.33. The van der Waals surface area contributed by atoms with Gasteiger partial charge in [-0.05, 0) is 31.0 Å². The summed E-state index contributed by atoms with van der Waals surface area (Å²) in [5, 5.41) is 0.903. The third kappa shape index (κ3) is 2.94. The van der Waals surface area contributed by atoms with Crippen molar-refractivity contribution in [2.24, 2.45) is 0 Å². The van der Waals surface area contributed by atoms with Crippen LogP contribution in [-0.2, 0) is 6.54 Å². The highest BCUT2D eigenvalue weighted by molar-refractivity contribution is 7.18. The number of piperidine rings is 1. The maximum Gasteiger partial charge on any atom is 0.179 e. The Hall–Kier alpha value is -1.99. The highest BCUT2D eigenvalue weighted by Crippen LogP contribution is 2.31. The Bertz CT molecular complexity index is 805. The number of nitrogen functional groups attached to an aromatic ring is 1. The van der Waals surface area contributed by atoms with Gasteiger partial charge in [0, 0.05) is 30.7 Å². The van der Waals surface area contributed by atoms with Crippen molar-refractivity contribution in [1.82, 2.24) is 19.9 Å². The van der Waals surface area contributed by atoms with E-state index in [1.165, 1.54) is 4.88 Å². The number of rotatable bonds is 3. The molecule has 4 rings (SSSR count). The molecule has 0 saturated carbocycles. The minimum Gasteiger partial charge on any atom is -0.383 e. The Labute approximate surface area is 137 Å². The number of alkyl halides is 1. The molecule has 4 heterocycles. The zero-order chi connectivity index (χ0) is 15.8. The number of nitrogens with two attached hydrogens (primary N) is 1. The number of fused-ring (bicyclic) bond motifs is 1. The van der Waals surface area contributed by atoms with Gasteiger partial charge in [0.1, 0.15) is 16.8 Å². The first kappa shape index (κ1) is 14.6. The molecule has 0 amide bonds. The third-order valence-corrected chi connectivity index (χ3v) is 5.22. The standard InChI is InChI=1S/C16H18FN5S/c17-10-3-6-22(7-4-10)9-11-8-12-14(18)20-15(21-16(12)23-11)13-2-1-5-19-13/h1-2,5,8,10,19H,3-4,6-7,9H2,(H2,18,20,21). The minimum atomic E-state index is -0.640. The van der Waals surface area contributed by atoms with E-state index < -0.39 is 6.17 Å². The van der Waals surface area contributed by atoms with Crippen LogP contribution in [0.4, 0.5) is 10.2 Å². The first-order chi connectivity index (χ1) is 11.2. The minimum absolute atomic E-state index is 0.504. The van der Waals surface area contributed by atoms with E-state index in [0.29, 0.717) is 24.5 Å². The lowest BCUT2D eigenvalue weighted by atomic mass is 10.1. The fourth-order valence-corrected chi connectivity index (χ4v) is 4.02. The van der Waals surface area contributed by atoms with Crippen molar-refractivity contribution in [3.63, 3.8) is 0 Å². The van der Waals surface area contributed by atoms with E-state index in [0.717, 1.165) is 35.5 Å². The number of likely N-dealkylation sites (tertiary alicyclic amines) is 1. The lowest BCUT2D eigenvalue weighted by molar-refractivity contribution is 0.146. The topological polar surface area (TPSA) is 70.8 Å². The van der Waals surface area contributed by atoms with Gasteiger partial charge in [-0.15, -0.1) is 11.3 Å². The van der Waals surface area contributed by atoms with E-state index in [2.05, 4.69) is 25.9 Å². The summed E-state index contributed by atoms with van der Waals surface area (Å²) < 4.78 is 13.2. The number of H-pyrrole nitrogens is 1. The highest BCUT2D eigenvalue weighted by Gasteiger charge is 2.19. The molecule has 1 fully saturated rings. The quantitative estimate of drug-likeness (QED) is 0.773. The Balaban J connectivity index is 1.61. The molecule has 0 aromatic carbocycles. The first-order valence-corrected chi connectivity index (χ1v) is 8.57. The van der Waals surface area contributed by atoms with Gasteiger partial charge >= 0.3 is 0 Å². The van der Waals surface area contributed by atoms with Crippen molar-refractivity contribution in [1.29, 1.82) is 0 Å². The summed E-state index contributed by atoms with van der Waals surface area (Å²) in [5.74, 6) is 1.12. The Morgan fingerprint density at radius 3 is 2.91 bits per heavy atom. The van der Waals surface area contributed by atoms with Crippen LogP contribution in [-0.4, -0.2) is 39.1 Å². The van der Waals surface area contributed by atoms with Crippen LogP contribution >= 0.6 is 11.3 Å². The highest BCUT2D eigenvalue weighted by atomic mass is 32.1. The van der Waals surface area contributed by atoms with Crippen molar-refractivity contribution in [3.8, 4) is 11.5 Å². The molecule has 3 aromatic heterocycles. The zero-order valence-electron chi connectivity index (χ0n) is 12.6. The number of nitrogens with one attached hydrogen (secondary N) is 1. The average Bonchev–Trinajstić information content (AvgIpc) is 3.19. The fourth-order valence-electron chi connectivity index (χ4n) is 2.94. The van der Waals surface area contributed by atoms with Crippen LogP contribution in [0.2, 0.25) is 0 Å². The second-order valence-electron chi connectivity index (χ2n) is 5.90. The normalized spacial score (nSPS) is 17.1. The van der Waals surface area contributed by atoms with Crippen LogP contribution in [0.15, 0.2) is 24.4 Å². The van der Waals surface area contributed by atoms with Crippen molar-refractivity contribution < 1.29 is 4.39 Å². The Morgan fingerprint density at radius 1 is 1.35 bits per heavy atom.